The summed E-state index contributed by atoms with van der Waals surface area (Å²) in [5.74, 6) is -2.63. The van der Waals surface area contributed by atoms with Crippen molar-refractivity contribution in [2.75, 3.05) is 12.4 Å². The molecular weight excluding hydrogens is 461 g/mol. The number of nitrogens with one attached hydrogen (secondary N) is 2. The number of nitrogens with zero attached hydrogens (tertiary/aromatic N) is 2. The number of sulfonamides is 1. The minimum atomic E-state index is -5.02. The molecule has 0 aliphatic rings. The van der Waals surface area contributed by atoms with E-state index in [0.29, 0.717) is 19.2 Å². The molecule has 0 aliphatic carbocycles. The fourth-order valence-corrected chi connectivity index (χ4v) is 3.81. The summed E-state index contributed by atoms with van der Waals surface area (Å²) in [6, 6.07) is 2.45. The molecule has 0 radical (unpaired) electrons. The number of hydrogen-bond donors (Lipinski definition) is 2. The largest absolute Gasteiger partial charge is 0.473 e. The van der Waals surface area contributed by atoms with Gasteiger partial charge in [0, 0.05) is 25.5 Å². The van der Waals surface area contributed by atoms with Crippen LogP contribution in [0.25, 0.3) is 0 Å². The summed E-state index contributed by atoms with van der Waals surface area (Å²) in [5.41, 5.74) is -2.57. The molecule has 15 heteroatoms. The number of anilines is 1. The molecule has 172 valence electrons. The highest BCUT2D eigenvalue weighted by Crippen LogP contribution is 2.33. The van der Waals surface area contributed by atoms with Crippen LogP contribution in [0, 0.1) is 12.7 Å². The van der Waals surface area contributed by atoms with Gasteiger partial charge in [-0.1, -0.05) is 0 Å². The fraction of sp³-hybridized carbons (Fsp3) is 0.312. The van der Waals surface area contributed by atoms with E-state index in [-0.39, 0.29) is 11.4 Å². The van der Waals surface area contributed by atoms with Gasteiger partial charge in [-0.3, -0.25) is 4.79 Å². The molecule has 0 spiro atoms. The molecule has 1 heterocycles. The van der Waals surface area contributed by atoms with Crippen molar-refractivity contribution in [2.45, 2.75) is 24.3 Å². The maximum atomic E-state index is 13.4. The van der Waals surface area contributed by atoms with E-state index in [2.05, 4.69) is 5.32 Å². The zero-order valence-electron chi connectivity index (χ0n) is 16.0. The second-order valence-electron chi connectivity index (χ2n) is 6.31. The lowest BCUT2D eigenvalue weighted by Gasteiger charge is -2.20. The zero-order valence-corrected chi connectivity index (χ0v) is 16.8. The van der Waals surface area contributed by atoms with E-state index in [1.807, 2.05) is 0 Å². The highest BCUT2D eigenvalue weighted by atomic mass is 32.2. The summed E-state index contributed by atoms with van der Waals surface area (Å²) < 4.78 is 115. The first-order valence-electron chi connectivity index (χ1n) is 8.12. The fourth-order valence-electron chi connectivity index (χ4n) is 2.46. The van der Waals surface area contributed by atoms with Crippen LogP contribution in [0.3, 0.4) is 0 Å². The van der Waals surface area contributed by atoms with Gasteiger partial charge in [0.05, 0.1) is 5.56 Å². The molecule has 0 fully saturated rings. The van der Waals surface area contributed by atoms with Gasteiger partial charge in [0.15, 0.2) is 0 Å². The van der Waals surface area contributed by atoms with Crippen LogP contribution in [0.5, 0.6) is 0 Å². The van der Waals surface area contributed by atoms with E-state index >= 15 is 0 Å². The molecule has 0 bridgehead atoms. The van der Waals surface area contributed by atoms with E-state index < -0.39 is 55.4 Å². The molecule has 1 aromatic carbocycles. The molecule has 1 aromatic heterocycles. The second kappa shape index (κ2) is 8.12. The first-order valence-corrected chi connectivity index (χ1v) is 9.61. The zero-order chi connectivity index (χ0) is 23.9. The van der Waals surface area contributed by atoms with Gasteiger partial charge in [-0.2, -0.15) is 26.3 Å². The quantitative estimate of drug-likeness (QED) is 0.394. The Labute approximate surface area is 171 Å². The number of carbonyl (C=O) groups is 1. The molecule has 0 saturated heterocycles. The molecule has 2 N–H and O–H groups in total. The maximum Gasteiger partial charge on any atom is 0.473 e. The van der Waals surface area contributed by atoms with Gasteiger partial charge in [-0.05, 0) is 31.2 Å². The smallest absolute Gasteiger partial charge is 0.343 e. The number of rotatable bonds is 5. The Morgan fingerprint density at radius 3 is 2.19 bits per heavy atom. The Balaban J connectivity index is 2.36. The third-order valence-electron chi connectivity index (χ3n) is 4.18. The number of halogens is 7. The van der Waals surface area contributed by atoms with Crippen molar-refractivity contribution in [1.29, 1.82) is 0 Å². The Hall–Kier alpha value is -2.65. The van der Waals surface area contributed by atoms with Crippen molar-refractivity contribution in [3.63, 3.8) is 0 Å². The normalized spacial score (nSPS) is 13.0. The van der Waals surface area contributed by atoms with Crippen molar-refractivity contribution in [3.8, 4) is 0 Å². The third kappa shape index (κ3) is 5.34. The van der Waals surface area contributed by atoms with Crippen molar-refractivity contribution < 1.29 is 43.9 Å². The number of benzene rings is 1. The minimum Gasteiger partial charge on any atom is -0.343 e. The lowest BCUT2D eigenvalue weighted by atomic mass is 10.1. The summed E-state index contributed by atoms with van der Waals surface area (Å²) in [4.78, 5) is 13.1. The Bertz CT molecular complexity index is 1110. The van der Waals surface area contributed by atoms with Gasteiger partial charge < -0.3 is 9.88 Å². The van der Waals surface area contributed by atoms with Gasteiger partial charge in [-0.25, -0.2) is 12.8 Å². The van der Waals surface area contributed by atoms with Gasteiger partial charge in [0.1, 0.15) is 16.4 Å². The van der Waals surface area contributed by atoms with Gasteiger partial charge >= 0.3 is 12.5 Å². The lowest BCUT2D eigenvalue weighted by Crippen LogP contribution is -2.47. The van der Waals surface area contributed by atoms with E-state index in [1.165, 1.54) is 18.8 Å². The van der Waals surface area contributed by atoms with Crippen LogP contribution >= 0.6 is 0 Å². The topological polar surface area (TPSA) is 83.4 Å². The monoisotopic (exact) mass is 476 g/mol. The van der Waals surface area contributed by atoms with Crippen LogP contribution in [-0.2, 0) is 23.2 Å². The standard InChI is InChI=1S/C16H15F7N4O3S/c1-8-13(31(29,30)25-27(3)16(21,22)23)7-12(26(8)2)14(28)24-9-4-5-11(17)10(6-9)15(18,19)20/h4-7,25H,1-3H3,(H,24,28). The molecule has 0 atom stereocenters. The highest BCUT2D eigenvalue weighted by molar-refractivity contribution is 7.89. The molecule has 31 heavy (non-hydrogen) atoms. The van der Waals surface area contributed by atoms with Crippen LogP contribution in [-0.4, -0.2) is 37.2 Å². The van der Waals surface area contributed by atoms with E-state index in [0.717, 1.165) is 16.7 Å². The molecule has 2 aromatic rings. The molecule has 7 nitrogen and oxygen atoms in total. The first kappa shape index (κ1) is 24.6. The van der Waals surface area contributed by atoms with Crippen molar-refractivity contribution in [2.24, 2.45) is 7.05 Å². The number of hydrogen-bond acceptors (Lipinski definition) is 4. The number of aromatic nitrogens is 1. The van der Waals surface area contributed by atoms with Crippen LogP contribution in [0.2, 0.25) is 0 Å². The highest BCUT2D eigenvalue weighted by Gasteiger charge is 2.38. The third-order valence-corrected chi connectivity index (χ3v) is 5.68. The second-order valence-corrected chi connectivity index (χ2v) is 7.94. The maximum absolute atomic E-state index is 13.4. The van der Waals surface area contributed by atoms with E-state index in [1.54, 1.807) is 0 Å². The van der Waals surface area contributed by atoms with Crippen LogP contribution in [0.15, 0.2) is 29.2 Å². The Kier molecular flexibility index (Phi) is 6.45. The summed E-state index contributed by atoms with van der Waals surface area (Å²) in [6.45, 7) is 1.21. The van der Waals surface area contributed by atoms with Crippen molar-refractivity contribution in [1.82, 2.24) is 14.4 Å². The van der Waals surface area contributed by atoms with E-state index in [4.69, 9.17) is 0 Å². The van der Waals surface area contributed by atoms with E-state index in [9.17, 15) is 43.9 Å². The first-order chi connectivity index (χ1) is 13.9. The molecule has 2 rings (SSSR count). The molecule has 0 unspecified atom stereocenters. The van der Waals surface area contributed by atoms with Gasteiger partial charge in [0.2, 0.25) is 0 Å². The number of alkyl halides is 6. The van der Waals surface area contributed by atoms with Crippen LogP contribution in [0.4, 0.5) is 36.4 Å². The average Bonchev–Trinajstić information content (AvgIpc) is 2.90. The Morgan fingerprint density at radius 1 is 1.10 bits per heavy atom. The summed E-state index contributed by atoms with van der Waals surface area (Å²) >= 11 is 0. The average molecular weight is 476 g/mol. The lowest BCUT2D eigenvalue weighted by molar-refractivity contribution is -0.245. The van der Waals surface area contributed by atoms with Crippen molar-refractivity contribution >= 4 is 21.6 Å². The molecule has 0 aliphatic heterocycles. The SMILES string of the molecule is Cc1c(S(=O)(=O)NN(C)C(F)(F)F)cc(C(=O)Nc2ccc(F)c(C(F)(F)F)c2)n1C. The molecular formula is C16H15F7N4O3S. The van der Waals surface area contributed by atoms with Crippen LogP contribution in [0.1, 0.15) is 21.7 Å². The van der Waals surface area contributed by atoms with Crippen molar-refractivity contribution in [3.05, 3.63) is 47.0 Å². The summed E-state index contributed by atoms with van der Waals surface area (Å²) in [5, 5.41) is 1.46. The summed E-state index contributed by atoms with van der Waals surface area (Å²) in [6.07, 6.45) is -10.0. The predicted octanol–water partition coefficient (Wildman–Crippen LogP) is 3.39. The molecule has 1 amide bonds. The number of amides is 1. The Morgan fingerprint density at radius 2 is 1.68 bits per heavy atom. The summed E-state index contributed by atoms with van der Waals surface area (Å²) in [7, 11) is -3.10. The minimum absolute atomic E-state index is 0.122. The number of hydrazine groups is 1. The van der Waals surface area contributed by atoms with Crippen LogP contribution < -0.4 is 10.1 Å². The number of carbonyl (C=O) groups excluding carboxylic acids is 1. The molecule has 0 saturated carbocycles. The predicted molar refractivity (Wildman–Crippen MR) is 93.6 cm³/mol. The van der Waals surface area contributed by atoms with Gasteiger partial charge in [0.25, 0.3) is 15.9 Å². The van der Waals surface area contributed by atoms with Gasteiger partial charge in [-0.15, -0.1) is 9.84 Å².